The molecule has 0 bridgehead atoms. The van der Waals surface area contributed by atoms with Crippen LogP contribution in [0, 0.1) is 17.1 Å². The number of aromatic nitrogens is 2. The van der Waals surface area contributed by atoms with E-state index in [4.69, 9.17) is 4.74 Å². The first kappa shape index (κ1) is 17.9. The maximum absolute atomic E-state index is 13.1. The van der Waals surface area contributed by atoms with Gasteiger partial charge in [0, 0.05) is 12.1 Å². The van der Waals surface area contributed by atoms with E-state index in [9.17, 15) is 14.4 Å². The van der Waals surface area contributed by atoms with Crippen LogP contribution in [-0.2, 0) is 24.2 Å². The molecule has 3 rings (SSSR count). The van der Waals surface area contributed by atoms with Crippen LogP contribution in [0.15, 0.2) is 24.3 Å². The van der Waals surface area contributed by atoms with E-state index in [-0.39, 0.29) is 11.9 Å². The molecular formula is C19H21FN4O2. The van der Waals surface area contributed by atoms with Gasteiger partial charge in [-0.15, -0.1) is 0 Å². The molecule has 6 nitrogen and oxygen atoms in total. The highest BCUT2D eigenvalue weighted by molar-refractivity contribution is 5.68. The van der Waals surface area contributed by atoms with E-state index in [1.807, 2.05) is 20.8 Å². The van der Waals surface area contributed by atoms with Gasteiger partial charge < -0.3 is 9.64 Å². The number of carbonyl (C=O) groups excluding carboxylic acids is 1. The molecule has 0 spiro atoms. The van der Waals surface area contributed by atoms with Crippen molar-refractivity contribution in [2.75, 3.05) is 6.54 Å². The zero-order chi connectivity index (χ0) is 18.9. The second kappa shape index (κ2) is 6.79. The zero-order valence-electron chi connectivity index (χ0n) is 15.1. The van der Waals surface area contributed by atoms with E-state index in [0.717, 1.165) is 16.8 Å². The molecule has 7 heteroatoms. The molecule has 1 aromatic carbocycles. The molecule has 0 saturated carbocycles. The summed E-state index contributed by atoms with van der Waals surface area (Å²) in [5.41, 5.74) is 2.38. The van der Waals surface area contributed by atoms with Gasteiger partial charge in [-0.25, -0.2) is 9.18 Å². The third-order valence-electron chi connectivity index (χ3n) is 4.14. The molecule has 0 N–H and O–H groups in total. The number of fused-ring (bicyclic) bond motifs is 1. The van der Waals surface area contributed by atoms with Crippen LogP contribution in [-0.4, -0.2) is 32.9 Å². The van der Waals surface area contributed by atoms with Crippen molar-refractivity contribution < 1.29 is 13.9 Å². The minimum atomic E-state index is -0.566. The monoisotopic (exact) mass is 356 g/mol. The summed E-state index contributed by atoms with van der Waals surface area (Å²) in [6, 6.07) is 8.28. The summed E-state index contributed by atoms with van der Waals surface area (Å²) in [6.45, 7) is 6.71. The van der Waals surface area contributed by atoms with Crippen LogP contribution in [0.4, 0.5) is 9.18 Å². The van der Waals surface area contributed by atoms with E-state index in [1.54, 1.807) is 21.7 Å². The largest absolute Gasteiger partial charge is 0.444 e. The highest BCUT2D eigenvalue weighted by Crippen LogP contribution is 2.24. The summed E-state index contributed by atoms with van der Waals surface area (Å²) in [7, 11) is 0. The first-order valence-corrected chi connectivity index (χ1v) is 8.48. The molecule has 0 aliphatic carbocycles. The molecule has 136 valence electrons. The van der Waals surface area contributed by atoms with Gasteiger partial charge in [0.2, 0.25) is 0 Å². The first-order chi connectivity index (χ1) is 12.3. The molecule has 2 aromatic rings. The summed E-state index contributed by atoms with van der Waals surface area (Å²) in [5.74, 6) is -0.301. The van der Waals surface area contributed by atoms with Crippen molar-refractivity contribution in [2.24, 2.45) is 0 Å². The predicted molar refractivity (Wildman–Crippen MR) is 92.8 cm³/mol. The fourth-order valence-electron chi connectivity index (χ4n) is 2.95. The van der Waals surface area contributed by atoms with E-state index >= 15 is 0 Å². The van der Waals surface area contributed by atoms with Crippen molar-refractivity contribution in [1.82, 2.24) is 14.7 Å². The van der Waals surface area contributed by atoms with Gasteiger partial charge in [0.15, 0.2) is 5.69 Å². The summed E-state index contributed by atoms with van der Waals surface area (Å²) in [5, 5.41) is 13.7. The third kappa shape index (κ3) is 3.85. The van der Waals surface area contributed by atoms with Gasteiger partial charge in [0.05, 0.1) is 18.8 Å². The molecule has 1 aliphatic rings. The van der Waals surface area contributed by atoms with Crippen LogP contribution in [0.5, 0.6) is 0 Å². The average molecular weight is 356 g/mol. The second-order valence-corrected chi connectivity index (χ2v) is 7.32. The smallest absolute Gasteiger partial charge is 0.410 e. The molecule has 1 aliphatic heterocycles. The van der Waals surface area contributed by atoms with E-state index < -0.39 is 5.60 Å². The SMILES string of the molecule is CC(C)(C)OC(=O)N1CCc2c(C#N)nn(Cc3ccc(F)cc3)c2C1. The minimum Gasteiger partial charge on any atom is -0.444 e. The summed E-state index contributed by atoms with van der Waals surface area (Å²) < 4.78 is 20.3. The maximum Gasteiger partial charge on any atom is 0.410 e. The number of benzene rings is 1. The van der Waals surface area contributed by atoms with Crippen molar-refractivity contribution in [3.8, 4) is 6.07 Å². The van der Waals surface area contributed by atoms with Crippen LogP contribution in [0.2, 0.25) is 0 Å². The molecule has 26 heavy (non-hydrogen) atoms. The van der Waals surface area contributed by atoms with Crippen LogP contribution in [0.3, 0.4) is 0 Å². The lowest BCUT2D eigenvalue weighted by molar-refractivity contribution is 0.0219. The highest BCUT2D eigenvalue weighted by atomic mass is 19.1. The van der Waals surface area contributed by atoms with Crippen molar-refractivity contribution in [2.45, 2.75) is 45.9 Å². The standard InChI is InChI=1S/C19H21FN4O2/c1-19(2,3)26-18(25)23-9-8-15-16(10-21)22-24(17(15)12-23)11-13-4-6-14(20)7-5-13/h4-7H,8-9,11-12H2,1-3H3. The Morgan fingerprint density at radius 1 is 1.35 bits per heavy atom. The van der Waals surface area contributed by atoms with Gasteiger partial charge in [-0.2, -0.15) is 10.4 Å². The van der Waals surface area contributed by atoms with Crippen LogP contribution >= 0.6 is 0 Å². The second-order valence-electron chi connectivity index (χ2n) is 7.32. The van der Waals surface area contributed by atoms with E-state index in [1.165, 1.54) is 12.1 Å². The number of nitriles is 1. The summed E-state index contributed by atoms with van der Waals surface area (Å²) >= 11 is 0. The molecular weight excluding hydrogens is 335 g/mol. The lowest BCUT2D eigenvalue weighted by Crippen LogP contribution is -2.40. The Kier molecular flexibility index (Phi) is 4.68. The van der Waals surface area contributed by atoms with Crippen LogP contribution in [0.25, 0.3) is 0 Å². The molecule has 1 amide bonds. The van der Waals surface area contributed by atoms with E-state index in [0.29, 0.717) is 31.7 Å². The average Bonchev–Trinajstić information content (AvgIpc) is 2.92. The molecule has 1 aromatic heterocycles. The summed E-state index contributed by atoms with van der Waals surface area (Å²) in [6.07, 6.45) is 0.178. The Labute approximate surface area is 151 Å². The molecule has 0 atom stereocenters. The lowest BCUT2D eigenvalue weighted by atomic mass is 10.0. The number of rotatable bonds is 2. The molecule has 0 fully saturated rings. The van der Waals surface area contributed by atoms with Gasteiger partial charge in [-0.3, -0.25) is 4.68 Å². The zero-order valence-corrected chi connectivity index (χ0v) is 15.1. The Balaban J connectivity index is 1.86. The van der Waals surface area contributed by atoms with Gasteiger partial charge in [-0.05, 0) is 44.9 Å². The quantitative estimate of drug-likeness (QED) is 0.828. The Morgan fingerprint density at radius 3 is 2.65 bits per heavy atom. The highest BCUT2D eigenvalue weighted by Gasteiger charge is 2.30. The van der Waals surface area contributed by atoms with Crippen molar-refractivity contribution in [1.29, 1.82) is 5.26 Å². The Bertz CT molecular complexity index is 859. The number of carbonyl (C=O) groups is 1. The summed E-state index contributed by atoms with van der Waals surface area (Å²) in [4.78, 5) is 14.0. The number of hydrogen-bond acceptors (Lipinski definition) is 4. The molecule has 0 radical (unpaired) electrons. The number of ether oxygens (including phenoxy) is 1. The van der Waals surface area contributed by atoms with Gasteiger partial charge >= 0.3 is 6.09 Å². The number of amides is 1. The van der Waals surface area contributed by atoms with Crippen LogP contribution in [0.1, 0.15) is 43.3 Å². The van der Waals surface area contributed by atoms with Gasteiger partial charge in [-0.1, -0.05) is 12.1 Å². The maximum atomic E-state index is 13.1. The molecule has 0 unspecified atom stereocenters. The predicted octanol–water partition coefficient (Wildman–Crippen LogP) is 3.24. The first-order valence-electron chi connectivity index (χ1n) is 8.48. The van der Waals surface area contributed by atoms with E-state index in [2.05, 4.69) is 11.2 Å². The van der Waals surface area contributed by atoms with Crippen molar-refractivity contribution in [3.05, 3.63) is 52.6 Å². The molecule has 0 saturated heterocycles. The topological polar surface area (TPSA) is 71.2 Å². The van der Waals surface area contributed by atoms with Gasteiger partial charge in [0.25, 0.3) is 0 Å². The lowest BCUT2D eigenvalue weighted by Gasteiger charge is -2.30. The minimum absolute atomic E-state index is 0.301. The van der Waals surface area contributed by atoms with Crippen LogP contribution < -0.4 is 0 Å². The fourth-order valence-corrected chi connectivity index (χ4v) is 2.95. The Hall–Kier alpha value is -2.88. The number of hydrogen-bond donors (Lipinski definition) is 0. The Morgan fingerprint density at radius 2 is 2.04 bits per heavy atom. The fraction of sp³-hybridized carbons (Fsp3) is 0.421. The normalized spacial score (nSPS) is 13.9. The molecule has 2 heterocycles. The van der Waals surface area contributed by atoms with Gasteiger partial charge in [0.1, 0.15) is 17.5 Å². The third-order valence-corrected chi connectivity index (χ3v) is 4.14. The van der Waals surface area contributed by atoms with Crippen molar-refractivity contribution >= 4 is 6.09 Å². The van der Waals surface area contributed by atoms with Crippen molar-refractivity contribution in [3.63, 3.8) is 0 Å². The number of halogens is 1. The number of nitrogens with zero attached hydrogens (tertiary/aromatic N) is 4.